The van der Waals surface area contributed by atoms with E-state index in [2.05, 4.69) is 40.1 Å². The number of rotatable bonds is 4. The zero-order valence-electron chi connectivity index (χ0n) is 8.32. The Morgan fingerprint density at radius 2 is 2.29 bits per heavy atom. The first-order chi connectivity index (χ1) is 6.52. The molecule has 0 aliphatic heterocycles. The monoisotopic (exact) mass is 277 g/mol. The molecular formula is C8H12BrN3OS. The third-order valence-electron chi connectivity index (χ3n) is 1.60. The second-order valence-corrected chi connectivity index (χ2v) is 5.45. The molecule has 4 nitrogen and oxygen atoms in total. The largest absolute Gasteiger partial charge is 0.291 e. The smallest absolute Gasteiger partial charge is 0.193 e. The molecule has 1 heterocycles. The summed E-state index contributed by atoms with van der Waals surface area (Å²) in [7, 11) is 1.71. The summed E-state index contributed by atoms with van der Waals surface area (Å²) >= 11 is 4.82. The van der Waals surface area contributed by atoms with Crippen molar-refractivity contribution in [2.24, 2.45) is 7.05 Å². The predicted octanol–water partition coefficient (Wildman–Crippen LogP) is 1.90. The van der Waals surface area contributed by atoms with Gasteiger partial charge in [-0.15, -0.1) is 5.10 Å². The number of Topliss-reactive ketones (excluding diaryl/α,β-unsaturated/α-hetero) is 1. The number of hydrogen-bond acceptors (Lipinski definition) is 4. The summed E-state index contributed by atoms with van der Waals surface area (Å²) < 4.78 is 2.02. The summed E-state index contributed by atoms with van der Waals surface area (Å²) in [5.74, 6) is 0.528. The van der Waals surface area contributed by atoms with E-state index in [9.17, 15) is 4.79 Å². The molecule has 0 aliphatic carbocycles. The highest BCUT2D eigenvalue weighted by atomic mass is 79.9. The Balaban J connectivity index is 2.70. The Hall–Kier alpha value is -0.360. The van der Waals surface area contributed by atoms with Crippen molar-refractivity contribution in [3.8, 4) is 0 Å². The Morgan fingerprint density at radius 3 is 2.71 bits per heavy atom. The van der Waals surface area contributed by atoms with Crippen LogP contribution in [0.2, 0.25) is 0 Å². The average molecular weight is 278 g/mol. The van der Waals surface area contributed by atoms with Gasteiger partial charge in [-0.2, -0.15) is 11.8 Å². The third kappa shape index (κ3) is 2.81. The van der Waals surface area contributed by atoms with E-state index in [0.29, 0.717) is 21.3 Å². The first-order valence-electron chi connectivity index (χ1n) is 4.22. The molecular weight excluding hydrogens is 266 g/mol. The van der Waals surface area contributed by atoms with Crippen LogP contribution in [-0.2, 0) is 7.05 Å². The normalized spacial score (nSPS) is 10.9. The molecule has 0 radical (unpaired) electrons. The van der Waals surface area contributed by atoms with Crippen LogP contribution < -0.4 is 0 Å². The Morgan fingerprint density at radius 1 is 1.64 bits per heavy atom. The summed E-state index contributed by atoms with van der Waals surface area (Å²) in [6, 6.07) is 0. The van der Waals surface area contributed by atoms with Crippen LogP contribution in [0.15, 0.2) is 4.60 Å². The van der Waals surface area contributed by atoms with Gasteiger partial charge in [-0.05, 0) is 21.2 Å². The third-order valence-corrected chi connectivity index (χ3v) is 3.23. The lowest BCUT2D eigenvalue weighted by atomic mass is 10.3. The van der Waals surface area contributed by atoms with E-state index in [0.717, 1.165) is 0 Å². The van der Waals surface area contributed by atoms with Crippen molar-refractivity contribution in [2.45, 2.75) is 19.1 Å². The Labute approximate surface area is 95.6 Å². The van der Waals surface area contributed by atoms with E-state index in [4.69, 9.17) is 0 Å². The van der Waals surface area contributed by atoms with Crippen molar-refractivity contribution >= 4 is 33.5 Å². The SMILES string of the molecule is CC(C)SCC(=O)c1c(Br)nnn1C. The van der Waals surface area contributed by atoms with Crippen LogP contribution >= 0.6 is 27.7 Å². The van der Waals surface area contributed by atoms with Crippen LogP contribution in [0.25, 0.3) is 0 Å². The van der Waals surface area contributed by atoms with E-state index < -0.39 is 0 Å². The molecule has 0 spiro atoms. The lowest BCUT2D eigenvalue weighted by Gasteiger charge is -2.03. The highest BCUT2D eigenvalue weighted by Crippen LogP contribution is 2.16. The number of halogens is 1. The number of nitrogens with zero attached hydrogens (tertiary/aromatic N) is 3. The summed E-state index contributed by atoms with van der Waals surface area (Å²) in [6.45, 7) is 4.13. The van der Waals surface area contributed by atoms with Crippen LogP contribution in [0, 0.1) is 0 Å². The van der Waals surface area contributed by atoms with Crippen LogP contribution in [-0.4, -0.2) is 31.8 Å². The number of carbonyl (C=O) groups excluding carboxylic acids is 1. The topological polar surface area (TPSA) is 47.8 Å². The minimum absolute atomic E-state index is 0.0584. The summed E-state index contributed by atoms with van der Waals surface area (Å²) in [5, 5.41) is 7.98. The Kier molecular flexibility index (Phi) is 4.12. The first-order valence-corrected chi connectivity index (χ1v) is 6.06. The summed E-state index contributed by atoms with van der Waals surface area (Å²) in [4.78, 5) is 11.7. The molecule has 0 N–H and O–H groups in total. The van der Waals surface area contributed by atoms with Gasteiger partial charge in [0.1, 0.15) is 5.69 Å². The zero-order valence-corrected chi connectivity index (χ0v) is 10.7. The molecule has 6 heteroatoms. The van der Waals surface area contributed by atoms with E-state index >= 15 is 0 Å². The van der Waals surface area contributed by atoms with E-state index in [1.54, 1.807) is 18.8 Å². The van der Waals surface area contributed by atoms with Gasteiger partial charge >= 0.3 is 0 Å². The summed E-state index contributed by atoms with van der Waals surface area (Å²) in [5.41, 5.74) is 0.540. The molecule has 0 atom stereocenters. The lowest BCUT2D eigenvalue weighted by Crippen LogP contribution is -2.11. The molecule has 0 saturated carbocycles. The zero-order chi connectivity index (χ0) is 10.7. The molecule has 0 fully saturated rings. The molecule has 1 aromatic rings. The number of ketones is 1. The van der Waals surface area contributed by atoms with Gasteiger partial charge in [0.05, 0.1) is 5.75 Å². The average Bonchev–Trinajstić information content (AvgIpc) is 2.42. The quantitative estimate of drug-likeness (QED) is 0.789. The number of aromatic nitrogens is 3. The molecule has 1 rings (SSSR count). The number of aryl methyl sites for hydroxylation is 1. The van der Waals surface area contributed by atoms with Gasteiger partial charge in [0.15, 0.2) is 10.4 Å². The van der Waals surface area contributed by atoms with Gasteiger partial charge in [-0.25, -0.2) is 4.68 Å². The van der Waals surface area contributed by atoms with Crippen LogP contribution in [0.4, 0.5) is 0 Å². The fourth-order valence-corrected chi connectivity index (χ4v) is 2.11. The maximum atomic E-state index is 11.7. The number of carbonyl (C=O) groups is 1. The molecule has 0 saturated heterocycles. The first kappa shape index (κ1) is 11.7. The molecule has 78 valence electrons. The van der Waals surface area contributed by atoms with E-state index in [-0.39, 0.29) is 5.78 Å². The fraction of sp³-hybridized carbons (Fsp3) is 0.625. The minimum atomic E-state index is 0.0584. The van der Waals surface area contributed by atoms with Crippen LogP contribution in [0.5, 0.6) is 0 Å². The van der Waals surface area contributed by atoms with Crippen molar-refractivity contribution in [3.05, 3.63) is 10.3 Å². The van der Waals surface area contributed by atoms with Gasteiger partial charge in [0.25, 0.3) is 0 Å². The van der Waals surface area contributed by atoms with Gasteiger partial charge in [0.2, 0.25) is 0 Å². The van der Waals surface area contributed by atoms with Crippen molar-refractivity contribution in [2.75, 3.05) is 5.75 Å². The number of hydrogen-bond donors (Lipinski definition) is 0. The number of thioether (sulfide) groups is 1. The second kappa shape index (κ2) is 4.93. The highest BCUT2D eigenvalue weighted by molar-refractivity contribution is 9.10. The maximum absolute atomic E-state index is 11.7. The predicted molar refractivity (Wildman–Crippen MR) is 60.6 cm³/mol. The second-order valence-electron chi connectivity index (χ2n) is 3.14. The van der Waals surface area contributed by atoms with Crippen LogP contribution in [0.3, 0.4) is 0 Å². The standard InChI is InChI=1S/C8H12BrN3OS/c1-5(2)14-4-6(13)7-8(9)10-11-12(7)3/h5H,4H2,1-3H3. The Bertz CT molecular complexity index is 318. The highest BCUT2D eigenvalue weighted by Gasteiger charge is 2.16. The minimum Gasteiger partial charge on any atom is -0.291 e. The molecule has 0 amide bonds. The van der Waals surface area contributed by atoms with Gasteiger partial charge in [-0.3, -0.25) is 4.79 Å². The van der Waals surface area contributed by atoms with Crippen LogP contribution in [0.1, 0.15) is 24.3 Å². The lowest BCUT2D eigenvalue weighted by molar-refractivity contribution is 0.101. The molecule has 14 heavy (non-hydrogen) atoms. The van der Waals surface area contributed by atoms with Crippen molar-refractivity contribution < 1.29 is 4.79 Å². The molecule has 0 aliphatic rings. The molecule has 0 aromatic carbocycles. The van der Waals surface area contributed by atoms with Gasteiger partial charge < -0.3 is 0 Å². The maximum Gasteiger partial charge on any atom is 0.193 e. The van der Waals surface area contributed by atoms with Crippen molar-refractivity contribution in [3.63, 3.8) is 0 Å². The molecule has 0 bridgehead atoms. The van der Waals surface area contributed by atoms with E-state index in [1.165, 1.54) is 4.68 Å². The summed E-state index contributed by atoms with van der Waals surface area (Å²) in [6.07, 6.45) is 0. The van der Waals surface area contributed by atoms with Gasteiger partial charge in [0, 0.05) is 7.05 Å². The molecule has 0 unspecified atom stereocenters. The fourth-order valence-electron chi connectivity index (χ4n) is 0.938. The molecule has 1 aromatic heterocycles. The van der Waals surface area contributed by atoms with Gasteiger partial charge in [-0.1, -0.05) is 19.1 Å². The van der Waals surface area contributed by atoms with Crippen molar-refractivity contribution in [1.29, 1.82) is 0 Å². The van der Waals surface area contributed by atoms with Crippen molar-refractivity contribution in [1.82, 2.24) is 15.0 Å². The van der Waals surface area contributed by atoms with E-state index in [1.807, 2.05) is 0 Å².